The summed E-state index contributed by atoms with van der Waals surface area (Å²) < 4.78 is 41.5. The van der Waals surface area contributed by atoms with Gasteiger partial charge in [0.1, 0.15) is 18.7 Å². The normalized spacial score (nSPS) is 17.8. The first-order chi connectivity index (χ1) is 13.9. The van der Waals surface area contributed by atoms with E-state index in [9.17, 15) is 37.3 Å². The quantitative estimate of drug-likeness (QED) is 0.0914. The number of carbonyl (C=O) groups is 4. The molecule has 0 spiro atoms. The number of anilines is 1. The van der Waals surface area contributed by atoms with Crippen LogP contribution in [0.4, 0.5) is 9.93 Å². The van der Waals surface area contributed by atoms with Gasteiger partial charge in [-0.1, -0.05) is 5.16 Å². The van der Waals surface area contributed by atoms with E-state index in [1.54, 1.807) is 0 Å². The van der Waals surface area contributed by atoms with Crippen molar-refractivity contribution in [3.05, 3.63) is 5.82 Å². The van der Waals surface area contributed by atoms with E-state index in [4.69, 9.17) is 11.5 Å². The molecule has 32 heavy (non-hydrogen) atoms. The number of nitrogens with two attached hydrogens (primary N) is 2. The Kier molecular flexibility index (Phi) is 12.0. The number of hydrogen-bond donors (Lipinski definition) is 3. The Labute approximate surface area is 227 Å². The third-order valence-electron chi connectivity index (χ3n) is 3.30. The fourth-order valence-electron chi connectivity index (χ4n) is 2.16. The third kappa shape index (κ3) is 7.78. The maximum Gasteiger partial charge on any atom is 1.00 e. The molecule has 5 N–H and O–H groups in total. The van der Waals surface area contributed by atoms with E-state index in [0.29, 0.717) is 11.5 Å². The number of nitrogens with zero attached hydrogens (tertiary/aromatic N) is 4. The zero-order valence-electron chi connectivity index (χ0n) is 16.4. The molecule has 0 bridgehead atoms. The molecule has 0 unspecified atom stereocenters. The summed E-state index contributed by atoms with van der Waals surface area (Å²) >= 11 is 0.649. The number of nitrogens with one attached hydrogen (secondary N) is 1. The molecule has 1 saturated heterocycles. The fourth-order valence-corrected chi connectivity index (χ4v) is 3.44. The molecule has 2 heterocycles. The number of oxime groups is 1. The number of carbonyl (C=O) groups excluding carboxylic acids is 4. The first-order valence-corrected chi connectivity index (χ1v) is 9.57. The molecule has 17 nitrogen and oxygen atoms in total. The van der Waals surface area contributed by atoms with Crippen molar-refractivity contribution in [2.45, 2.75) is 12.1 Å². The summed E-state index contributed by atoms with van der Waals surface area (Å²) in [6.45, 7) is -1.88. The smallest absolute Gasteiger partial charge is 0.731 e. The second-order valence-corrected chi connectivity index (χ2v) is 7.31. The summed E-state index contributed by atoms with van der Waals surface area (Å²) in [4.78, 5) is 53.7. The van der Waals surface area contributed by atoms with Crippen molar-refractivity contribution in [1.29, 1.82) is 0 Å². The molecule has 0 radical (unpaired) electrons. The molecule has 1 aliphatic rings. The Balaban J connectivity index is 0.00000480. The molecular weight excluding hydrogens is 500 g/mol. The van der Waals surface area contributed by atoms with E-state index in [-0.39, 0.29) is 68.6 Å². The summed E-state index contributed by atoms with van der Waals surface area (Å²) in [5.41, 5.74) is 9.44. The zero-order valence-corrected chi connectivity index (χ0v) is 22.0. The average Bonchev–Trinajstić information content (AvgIpc) is 3.04. The maximum absolute atomic E-state index is 12.5. The Hall–Kier alpha value is -1.58. The van der Waals surface area contributed by atoms with Crippen molar-refractivity contribution in [2.24, 2.45) is 10.9 Å². The number of nitrogen functional groups attached to an aromatic ring is 1. The van der Waals surface area contributed by atoms with Crippen LogP contribution in [0.2, 0.25) is 0 Å². The monoisotopic (exact) mass is 511 g/mol. The minimum absolute atomic E-state index is 0. The van der Waals surface area contributed by atoms with Gasteiger partial charge in [0.25, 0.3) is 11.8 Å². The van der Waals surface area contributed by atoms with E-state index < -0.39 is 71.0 Å². The molecule has 164 valence electrons. The number of aliphatic carboxylic acids is 1. The second kappa shape index (κ2) is 12.6. The molecule has 0 aromatic carbocycles. The first kappa shape index (κ1) is 30.4. The molecular formula is C11H11N7Na2O10S2. The zero-order chi connectivity index (χ0) is 22.6. The molecule has 2 rings (SSSR count). The molecule has 0 aliphatic carbocycles. The van der Waals surface area contributed by atoms with Crippen LogP contribution >= 0.6 is 11.5 Å². The maximum atomic E-state index is 12.5. The van der Waals surface area contributed by atoms with Gasteiger partial charge in [-0.25, -0.2) is 17.5 Å². The van der Waals surface area contributed by atoms with Gasteiger partial charge < -0.3 is 40.8 Å². The number of aromatic nitrogens is 2. The van der Waals surface area contributed by atoms with Crippen LogP contribution in [0.15, 0.2) is 5.16 Å². The van der Waals surface area contributed by atoms with Gasteiger partial charge in [-0.2, -0.15) is 9.36 Å². The summed E-state index contributed by atoms with van der Waals surface area (Å²) in [7, 11) is -5.29. The van der Waals surface area contributed by atoms with E-state index in [1.807, 2.05) is 5.32 Å². The van der Waals surface area contributed by atoms with Crippen molar-refractivity contribution in [3.8, 4) is 0 Å². The molecule has 2 atom stereocenters. The Morgan fingerprint density at radius 1 is 1.31 bits per heavy atom. The van der Waals surface area contributed by atoms with Crippen LogP contribution in [0.3, 0.4) is 0 Å². The van der Waals surface area contributed by atoms with E-state index >= 15 is 0 Å². The van der Waals surface area contributed by atoms with Crippen LogP contribution in [0.25, 0.3) is 0 Å². The number of carboxylic acid groups (broad SMARTS) is 1. The Bertz CT molecular complexity index is 1020. The number of primary amides is 1. The van der Waals surface area contributed by atoms with Gasteiger partial charge >= 0.3 is 65.2 Å². The first-order valence-electron chi connectivity index (χ1n) is 7.43. The third-order valence-corrected chi connectivity index (χ3v) is 4.78. The minimum Gasteiger partial charge on any atom is -0.731 e. The van der Waals surface area contributed by atoms with E-state index in [1.165, 1.54) is 0 Å². The molecule has 21 heteroatoms. The fraction of sp³-hybridized carbons (Fsp3) is 0.364. The summed E-state index contributed by atoms with van der Waals surface area (Å²) in [5, 5.41) is 15.6. The second-order valence-electron chi connectivity index (χ2n) is 5.28. The van der Waals surface area contributed by atoms with Crippen molar-refractivity contribution in [2.75, 3.05) is 18.9 Å². The van der Waals surface area contributed by atoms with Crippen molar-refractivity contribution in [3.63, 3.8) is 0 Å². The number of rotatable bonds is 9. The SMILES string of the molecule is NC(=O)OC[C@@H]1[C@H](NC(=O)/C(=N\OCC(=O)[O-])c2nsc(N)n2)C(=O)N1S(=O)(=O)[O-].[Na+].[Na+]. The summed E-state index contributed by atoms with van der Waals surface area (Å²) in [6, 6.07) is -3.25. The van der Waals surface area contributed by atoms with Crippen LogP contribution in [-0.4, -0.2) is 81.5 Å². The van der Waals surface area contributed by atoms with Crippen molar-refractivity contribution < 1.29 is 106 Å². The van der Waals surface area contributed by atoms with Crippen molar-refractivity contribution >= 4 is 56.6 Å². The average molecular weight is 511 g/mol. The predicted molar refractivity (Wildman–Crippen MR) is 89.6 cm³/mol. The van der Waals surface area contributed by atoms with Gasteiger partial charge in [-0.3, -0.25) is 9.59 Å². The van der Waals surface area contributed by atoms with Crippen LogP contribution in [0.1, 0.15) is 5.82 Å². The van der Waals surface area contributed by atoms with Gasteiger partial charge in [0.2, 0.25) is 11.5 Å². The van der Waals surface area contributed by atoms with Gasteiger partial charge in [-0.15, -0.1) is 0 Å². The van der Waals surface area contributed by atoms with Gasteiger partial charge in [-0.05, 0) is 0 Å². The van der Waals surface area contributed by atoms with Crippen LogP contribution in [0, 0.1) is 0 Å². The Morgan fingerprint density at radius 3 is 2.41 bits per heavy atom. The molecule has 1 aromatic rings. The summed E-state index contributed by atoms with van der Waals surface area (Å²) in [5.74, 6) is -4.63. The molecule has 3 amide bonds. The van der Waals surface area contributed by atoms with Crippen LogP contribution in [-0.2, 0) is 34.3 Å². The summed E-state index contributed by atoms with van der Waals surface area (Å²) in [6.07, 6.45) is -1.33. The van der Waals surface area contributed by atoms with Crippen LogP contribution in [0.5, 0.6) is 0 Å². The van der Waals surface area contributed by atoms with Gasteiger partial charge in [0.05, 0.1) is 5.97 Å². The largest absolute Gasteiger partial charge is 1.00 e. The molecule has 0 saturated carbocycles. The Morgan fingerprint density at radius 2 is 1.94 bits per heavy atom. The topological polar surface area (TPSA) is 272 Å². The predicted octanol–water partition coefficient (Wildman–Crippen LogP) is -11.2. The number of hydrogen-bond acceptors (Lipinski definition) is 15. The van der Waals surface area contributed by atoms with Crippen LogP contribution < -0.4 is 81.0 Å². The molecule has 1 fully saturated rings. The number of carboxylic acids is 1. The van der Waals surface area contributed by atoms with E-state index in [2.05, 4.69) is 24.1 Å². The molecule has 1 aromatic heterocycles. The van der Waals surface area contributed by atoms with Crippen molar-refractivity contribution in [1.82, 2.24) is 19.0 Å². The number of β-lactam (4-membered cyclic amide) rings is 1. The molecule has 1 aliphatic heterocycles. The van der Waals surface area contributed by atoms with Gasteiger partial charge in [0, 0.05) is 11.5 Å². The number of amides is 3. The van der Waals surface area contributed by atoms with Gasteiger partial charge in [0.15, 0.2) is 22.0 Å². The van der Waals surface area contributed by atoms with E-state index in [0.717, 1.165) is 0 Å². The minimum atomic E-state index is -5.29. The number of ether oxygens (including phenoxy) is 1. The standard InChI is InChI=1S/C11H13N7O10S2.2Na/c12-10-15-7(17-29-10)6(16-28-2-4(19)20)8(21)14-5-3(1-27-11(13)23)18(9(5)22)30(24,25)26;;/h3,5H,1-2H2,(H2,13,23)(H,14,21)(H,19,20)(H2,12,15,17)(H,24,25,26);;/q;2*+1/p-2/b16-6-;;/t3-,5+;;/m1../s1.